The molecule has 0 aromatic heterocycles. The summed E-state index contributed by atoms with van der Waals surface area (Å²) in [5.74, 6) is 0. The third kappa shape index (κ3) is 1.89. The Bertz CT molecular complexity index is 162. The molecule has 0 saturated carbocycles. The predicted molar refractivity (Wildman–Crippen MR) is 42.1 cm³/mol. The Morgan fingerprint density at radius 1 is 1.33 bits per heavy atom. The molecule has 0 amide bonds. The lowest BCUT2D eigenvalue weighted by Crippen LogP contribution is -2.02. The average molecular weight is 183 g/mol. The summed E-state index contributed by atoms with van der Waals surface area (Å²) in [6.07, 6.45) is 6.56. The van der Waals surface area contributed by atoms with Gasteiger partial charge in [-0.3, -0.25) is 0 Å². The molecule has 1 aliphatic rings. The van der Waals surface area contributed by atoms with E-state index in [2.05, 4.69) is 0 Å². The molecule has 3 heteroatoms. The number of hydrogen-bond donors (Lipinski definition) is 0. The molecular formula is C6H5Cl3. The molecule has 9 heavy (non-hydrogen) atoms. The smallest absolute Gasteiger partial charge is 0.0803 e. The van der Waals surface area contributed by atoms with E-state index in [-0.39, 0.29) is 0 Å². The van der Waals surface area contributed by atoms with Crippen LogP contribution in [-0.2, 0) is 0 Å². The average Bonchev–Trinajstić information content (AvgIpc) is 2.08. The Morgan fingerprint density at radius 3 is 2.22 bits per heavy atom. The highest BCUT2D eigenvalue weighted by Crippen LogP contribution is 2.37. The quantitative estimate of drug-likeness (QED) is 0.506. The van der Waals surface area contributed by atoms with Crippen molar-refractivity contribution in [3.63, 3.8) is 0 Å². The van der Waals surface area contributed by atoms with Crippen LogP contribution in [0.2, 0.25) is 0 Å². The standard InChI is InChI=1S/C6H5Cl3/c7-6(8,9)5-3-1-2-4-5/h1,3-4H,2H2. The van der Waals surface area contributed by atoms with Crippen molar-refractivity contribution in [1.82, 2.24) is 0 Å². The highest BCUT2D eigenvalue weighted by Gasteiger charge is 2.24. The minimum atomic E-state index is -1.23. The van der Waals surface area contributed by atoms with E-state index in [0.717, 1.165) is 12.0 Å². The lowest BCUT2D eigenvalue weighted by molar-refractivity contribution is 1.32. The first-order valence-corrected chi connectivity index (χ1v) is 3.68. The van der Waals surface area contributed by atoms with Gasteiger partial charge in [-0.15, -0.1) is 0 Å². The van der Waals surface area contributed by atoms with Gasteiger partial charge in [-0.05, 0) is 12.0 Å². The first kappa shape index (κ1) is 7.46. The zero-order valence-corrected chi connectivity index (χ0v) is 6.84. The van der Waals surface area contributed by atoms with Gasteiger partial charge >= 0.3 is 0 Å². The molecule has 0 unspecified atom stereocenters. The summed E-state index contributed by atoms with van der Waals surface area (Å²) in [5.41, 5.74) is 0.771. The maximum Gasteiger partial charge on any atom is 0.215 e. The molecule has 0 aromatic carbocycles. The second kappa shape index (κ2) is 2.53. The second-order valence-corrected chi connectivity index (χ2v) is 4.08. The molecule has 0 saturated heterocycles. The molecule has 0 fully saturated rings. The van der Waals surface area contributed by atoms with Gasteiger partial charge in [0.1, 0.15) is 0 Å². The van der Waals surface area contributed by atoms with Crippen LogP contribution in [-0.4, -0.2) is 3.79 Å². The molecule has 0 N–H and O–H groups in total. The number of hydrogen-bond acceptors (Lipinski definition) is 0. The van der Waals surface area contributed by atoms with Crippen LogP contribution < -0.4 is 0 Å². The maximum absolute atomic E-state index is 5.55. The third-order valence-corrected chi connectivity index (χ3v) is 1.75. The third-order valence-electron chi connectivity index (χ3n) is 1.10. The number of rotatable bonds is 0. The van der Waals surface area contributed by atoms with Crippen LogP contribution in [0.15, 0.2) is 23.8 Å². The van der Waals surface area contributed by atoms with E-state index in [1.165, 1.54) is 0 Å². The molecule has 0 heterocycles. The number of allylic oxidation sites excluding steroid dienone is 4. The first-order valence-electron chi connectivity index (χ1n) is 2.54. The Hall–Kier alpha value is 0.350. The van der Waals surface area contributed by atoms with Crippen LogP contribution in [0, 0.1) is 0 Å². The number of alkyl halides is 3. The van der Waals surface area contributed by atoms with Crippen molar-refractivity contribution in [1.29, 1.82) is 0 Å². The largest absolute Gasteiger partial charge is 0.215 e. The van der Waals surface area contributed by atoms with Crippen LogP contribution in [0.1, 0.15) is 6.42 Å². The van der Waals surface area contributed by atoms with Crippen molar-refractivity contribution >= 4 is 34.8 Å². The molecule has 0 bridgehead atoms. The summed E-state index contributed by atoms with van der Waals surface area (Å²) in [5, 5.41) is 0. The van der Waals surface area contributed by atoms with Gasteiger partial charge < -0.3 is 0 Å². The Kier molecular flexibility index (Phi) is 2.10. The van der Waals surface area contributed by atoms with E-state index in [1.54, 1.807) is 0 Å². The highest BCUT2D eigenvalue weighted by molar-refractivity contribution is 6.69. The fraction of sp³-hybridized carbons (Fsp3) is 0.333. The van der Waals surface area contributed by atoms with Gasteiger partial charge in [0.2, 0.25) is 3.79 Å². The summed E-state index contributed by atoms with van der Waals surface area (Å²) in [7, 11) is 0. The number of halogens is 3. The lowest BCUT2D eigenvalue weighted by Gasteiger charge is -2.08. The zero-order chi connectivity index (χ0) is 6.91. The van der Waals surface area contributed by atoms with Crippen molar-refractivity contribution in [2.45, 2.75) is 10.2 Å². The van der Waals surface area contributed by atoms with E-state index in [4.69, 9.17) is 34.8 Å². The van der Waals surface area contributed by atoms with Crippen LogP contribution in [0.25, 0.3) is 0 Å². The molecule has 0 radical (unpaired) electrons. The summed E-state index contributed by atoms with van der Waals surface area (Å²) >= 11 is 16.7. The molecule has 0 spiro atoms. The lowest BCUT2D eigenvalue weighted by atomic mass is 10.3. The summed E-state index contributed by atoms with van der Waals surface area (Å²) in [6, 6.07) is 0. The maximum atomic E-state index is 5.55. The van der Waals surface area contributed by atoms with Crippen LogP contribution in [0.3, 0.4) is 0 Å². The topological polar surface area (TPSA) is 0 Å². The highest BCUT2D eigenvalue weighted by atomic mass is 35.6. The van der Waals surface area contributed by atoms with E-state index in [1.807, 2.05) is 18.2 Å². The van der Waals surface area contributed by atoms with Crippen LogP contribution in [0.4, 0.5) is 0 Å². The molecule has 0 atom stereocenters. The SMILES string of the molecule is ClC(Cl)(Cl)C1=CCC=C1. The van der Waals surface area contributed by atoms with E-state index >= 15 is 0 Å². The second-order valence-electron chi connectivity index (χ2n) is 1.80. The fourth-order valence-electron chi connectivity index (χ4n) is 0.668. The van der Waals surface area contributed by atoms with Gasteiger partial charge in [0.15, 0.2) is 0 Å². The minimum absolute atomic E-state index is 0.771. The first-order chi connectivity index (χ1) is 4.11. The van der Waals surface area contributed by atoms with Crippen LogP contribution >= 0.6 is 34.8 Å². The monoisotopic (exact) mass is 182 g/mol. The van der Waals surface area contributed by atoms with Crippen molar-refractivity contribution < 1.29 is 0 Å². The summed E-state index contributed by atoms with van der Waals surface area (Å²) in [4.78, 5) is 0. The molecular weight excluding hydrogens is 178 g/mol. The molecule has 0 nitrogen and oxygen atoms in total. The molecule has 0 aliphatic heterocycles. The normalized spacial score (nSPS) is 18.3. The van der Waals surface area contributed by atoms with Crippen molar-refractivity contribution in [3.8, 4) is 0 Å². The molecule has 50 valence electrons. The van der Waals surface area contributed by atoms with Crippen LogP contribution in [0.5, 0.6) is 0 Å². The van der Waals surface area contributed by atoms with Gasteiger partial charge in [-0.1, -0.05) is 53.0 Å². The van der Waals surface area contributed by atoms with E-state index in [0.29, 0.717) is 0 Å². The van der Waals surface area contributed by atoms with Crippen molar-refractivity contribution in [3.05, 3.63) is 23.8 Å². The van der Waals surface area contributed by atoms with Gasteiger partial charge in [0.25, 0.3) is 0 Å². The van der Waals surface area contributed by atoms with E-state index < -0.39 is 3.79 Å². The molecule has 1 rings (SSSR count). The van der Waals surface area contributed by atoms with Crippen molar-refractivity contribution in [2.24, 2.45) is 0 Å². The zero-order valence-electron chi connectivity index (χ0n) is 4.57. The van der Waals surface area contributed by atoms with E-state index in [9.17, 15) is 0 Å². The summed E-state index contributed by atoms with van der Waals surface area (Å²) < 4.78 is -1.23. The van der Waals surface area contributed by atoms with Gasteiger partial charge in [-0.2, -0.15) is 0 Å². The molecule has 1 aliphatic carbocycles. The van der Waals surface area contributed by atoms with Gasteiger partial charge in [-0.25, -0.2) is 0 Å². The van der Waals surface area contributed by atoms with Crippen molar-refractivity contribution in [2.75, 3.05) is 0 Å². The fourth-order valence-corrected chi connectivity index (χ4v) is 1.09. The minimum Gasteiger partial charge on any atom is -0.0803 e. The molecule has 0 aromatic rings. The van der Waals surface area contributed by atoms with Gasteiger partial charge in [0.05, 0.1) is 0 Å². The van der Waals surface area contributed by atoms with Gasteiger partial charge in [0, 0.05) is 0 Å². The Labute approximate surface area is 69.1 Å². The predicted octanol–water partition coefficient (Wildman–Crippen LogP) is 3.24. The summed E-state index contributed by atoms with van der Waals surface area (Å²) in [6.45, 7) is 0. The Balaban J connectivity index is 2.73. The Morgan fingerprint density at radius 2 is 2.00 bits per heavy atom.